The molecule has 2 N–H and O–H groups in total. The van der Waals surface area contributed by atoms with Gasteiger partial charge in [-0.2, -0.15) is 5.26 Å². The number of nitriles is 1. The molecule has 0 bridgehead atoms. The zero-order chi connectivity index (χ0) is 12.3. The smallest absolute Gasteiger partial charge is 0.255 e. The van der Waals surface area contributed by atoms with Gasteiger partial charge in [-0.3, -0.25) is 4.79 Å². The van der Waals surface area contributed by atoms with Crippen LogP contribution in [-0.4, -0.2) is 16.6 Å². The second-order valence-electron chi connectivity index (χ2n) is 3.81. The highest BCUT2D eigenvalue weighted by atomic mass is 79.9. The largest absolute Gasteiger partial charge is 0.381 e. The molecule has 4 nitrogen and oxygen atoms in total. The highest BCUT2D eigenvalue weighted by Crippen LogP contribution is 2.21. The summed E-state index contributed by atoms with van der Waals surface area (Å²) in [7, 11) is 0. The molecule has 0 aliphatic heterocycles. The van der Waals surface area contributed by atoms with Gasteiger partial charge in [0.15, 0.2) is 0 Å². The Labute approximate surface area is 102 Å². The van der Waals surface area contributed by atoms with E-state index in [4.69, 9.17) is 5.26 Å². The number of carbonyl (C=O) groups excluding carboxylic acids is 1. The first-order chi connectivity index (χ1) is 7.34. The van der Waals surface area contributed by atoms with E-state index in [0.717, 1.165) is 4.47 Å². The van der Waals surface area contributed by atoms with Crippen molar-refractivity contribution in [2.24, 2.45) is 0 Å². The van der Waals surface area contributed by atoms with Gasteiger partial charge in [-0.25, -0.2) is 0 Å². The number of carbonyl (C=O) groups is 1. The van der Waals surface area contributed by atoms with Crippen molar-refractivity contribution in [2.45, 2.75) is 19.4 Å². The quantitative estimate of drug-likeness (QED) is 0.872. The molecule has 0 spiro atoms. The Balaban J connectivity index is 2.99. The van der Waals surface area contributed by atoms with Crippen LogP contribution in [0.2, 0.25) is 0 Å². The molecule has 1 aromatic rings. The molecule has 84 valence electrons. The summed E-state index contributed by atoms with van der Waals surface area (Å²) in [5.41, 5.74) is -0.746. The Morgan fingerprint density at radius 1 is 1.56 bits per heavy atom. The SMILES string of the molecule is CC(C)(O)C(=O)Nc1ccc(Br)cc1C#N. The Morgan fingerprint density at radius 3 is 2.69 bits per heavy atom. The number of halogens is 1. The summed E-state index contributed by atoms with van der Waals surface area (Å²) in [6.07, 6.45) is 0. The molecule has 0 atom stereocenters. The van der Waals surface area contributed by atoms with Crippen LogP contribution in [0.1, 0.15) is 19.4 Å². The lowest BCUT2D eigenvalue weighted by Crippen LogP contribution is -2.36. The highest BCUT2D eigenvalue weighted by molar-refractivity contribution is 9.10. The standard InChI is InChI=1S/C11H11BrN2O2/c1-11(2,16)10(15)14-9-4-3-8(12)5-7(9)6-13/h3-5,16H,1-2H3,(H,14,15). The average molecular weight is 283 g/mol. The third-order valence-corrected chi connectivity index (χ3v) is 2.40. The Kier molecular flexibility index (Phi) is 3.68. The Morgan fingerprint density at radius 2 is 2.19 bits per heavy atom. The van der Waals surface area contributed by atoms with Gasteiger partial charge >= 0.3 is 0 Å². The van der Waals surface area contributed by atoms with Crippen LogP contribution in [0.15, 0.2) is 22.7 Å². The summed E-state index contributed by atoms with van der Waals surface area (Å²) in [4.78, 5) is 11.5. The number of nitrogens with zero attached hydrogens (tertiary/aromatic N) is 1. The van der Waals surface area contributed by atoms with Gasteiger partial charge in [-0.05, 0) is 32.0 Å². The molecule has 0 aromatic heterocycles. The Bertz CT molecular complexity index is 458. The maximum absolute atomic E-state index is 11.5. The minimum absolute atomic E-state index is 0.340. The second kappa shape index (κ2) is 4.64. The van der Waals surface area contributed by atoms with Gasteiger partial charge in [-0.15, -0.1) is 0 Å². The number of nitrogens with one attached hydrogen (secondary N) is 1. The first-order valence-electron chi connectivity index (χ1n) is 4.58. The molecule has 0 unspecified atom stereocenters. The molecule has 16 heavy (non-hydrogen) atoms. The van der Waals surface area contributed by atoms with E-state index < -0.39 is 11.5 Å². The van der Waals surface area contributed by atoms with Gasteiger partial charge in [0.05, 0.1) is 11.3 Å². The fourth-order valence-electron chi connectivity index (χ4n) is 0.993. The summed E-state index contributed by atoms with van der Waals surface area (Å²) in [6, 6.07) is 6.88. The number of benzene rings is 1. The van der Waals surface area contributed by atoms with Gasteiger partial charge in [0.2, 0.25) is 0 Å². The van der Waals surface area contributed by atoms with Crippen LogP contribution in [0.5, 0.6) is 0 Å². The predicted octanol–water partition coefficient (Wildman–Crippen LogP) is 2.03. The summed E-state index contributed by atoms with van der Waals surface area (Å²) in [5.74, 6) is -0.550. The lowest BCUT2D eigenvalue weighted by molar-refractivity contribution is -0.130. The van der Waals surface area contributed by atoms with E-state index in [1.165, 1.54) is 13.8 Å². The van der Waals surface area contributed by atoms with Crippen molar-refractivity contribution < 1.29 is 9.90 Å². The van der Waals surface area contributed by atoms with E-state index in [0.29, 0.717) is 11.3 Å². The highest BCUT2D eigenvalue weighted by Gasteiger charge is 2.24. The molecular weight excluding hydrogens is 272 g/mol. The van der Waals surface area contributed by atoms with Gasteiger partial charge < -0.3 is 10.4 Å². The summed E-state index contributed by atoms with van der Waals surface area (Å²) >= 11 is 3.23. The predicted molar refractivity (Wildman–Crippen MR) is 63.8 cm³/mol. The van der Waals surface area contributed by atoms with Gasteiger partial charge in [0, 0.05) is 4.47 Å². The molecule has 0 fully saturated rings. The maximum atomic E-state index is 11.5. The van der Waals surface area contributed by atoms with Crippen molar-refractivity contribution in [1.82, 2.24) is 0 Å². The van der Waals surface area contributed by atoms with Crippen molar-refractivity contribution in [3.8, 4) is 6.07 Å². The van der Waals surface area contributed by atoms with Crippen molar-refractivity contribution >= 4 is 27.5 Å². The molecule has 0 saturated heterocycles. The van der Waals surface area contributed by atoms with Crippen molar-refractivity contribution in [3.05, 3.63) is 28.2 Å². The number of hydrogen-bond acceptors (Lipinski definition) is 3. The van der Waals surface area contributed by atoms with E-state index in [1.807, 2.05) is 6.07 Å². The number of hydrogen-bond donors (Lipinski definition) is 2. The number of aliphatic hydroxyl groups is 1. The molecule has 0 heterocycles. The second-order valence-corrected chi connectivity index (χ2v) is 4.73. The van der Waals surface area contributed by atoms with Crippen LogP contribution in [0, 0.1) is 11.3 Å². The van der Waals surface area contributed by atoms with Crippen molar-refractivity contribution in [3.63, 3.8) is 0 Å². The zero-order valence-electron chi connectivity index (χ0n) is 8.91. The number of amides is 1. The van der Waals surface area contributed by atoms with Crippen LogP contribution >= 0.6 is 15.9 Å². The topological polar surface area (TPSA) is 73.1 Å². The monoisotopic (exact) mass is 282 g/mol. The van der Waals surface area contributed by atoms with Crippen molar-refractivity contribution in [2.75, 3.05) is 5.32 Å². The molecule has 0 radical (unpaired) electrons. The third-order valence-electron chi connectivity index (χ3n) is 1.91. The molecule has 1 rings (SSSR count). The molecule has 0 aliphatic rings. The van der Waals surface area contributed by atoms with E-state index in [1.54, 1.807) is 18.2 Å². The lowest BCUT2D eigenvalue weighted by atomic mass is 10.1. The molecule has 5 heteroatoms. The molecule has 1 aromatic carbocycles. The first kappa shape index (κ1) is 12.7. The number of anilines is 1. The zero-order valence-corrected chi connectivity index (χ0v) is 10.5. The van der Waals surface area contributed by atoms with E-state index in [2.05, 4.69) is 21.2 Å². The Hall–Kier alpha value is -1.38. The minimum Gasteiger partial charge on any atom is -0.381 e. The lowest BCUT2D eigenvalue weighted by Gasteiger charge is -2.17. The van der Waals surface area contributed by atoms with Crippen LogP contribution in [-0.2, 0) is 4.79 Å². The van der Waals surface area contributed by atoms with E-state index in [-0.39, 0.29) is 0 Å². The summed E-state index contributed by atoms with van der Waals surface area (Å²) < 4.78 is 0.755. The molecule has 0 saturated carbocycles. The first-order valence-corrected chi connectivity index (χ1v) is 5.37. The summed E-state index contributed by atoms with van der Waals surface area (Å²) in [5, 5.41) is 20.8. The molecular formula is C11H11BrN2O2. The van der Waals surface area contributed by atoms with Crippen LogP contribution in [0.4, 0.5) is 5.69 Å². The van der Waals surface area contributed by atoms with Gasteiger partial charge in [0.25, 0.3) is 5.91 Å². The fourth-order valence-corrected chi connectivity index (χ4v) is 1.35. The van der Waals surface area contributed by atoms with E-state index in [9.17, 15) is 9.90 Å². The molecule has 0 aliphatic carbocycles. The maximum Gasteiger partial charge on any atom is 0.255 e. The van der Waals surface area contributed by atoms with Crippen LogP contribution in [0.25, 0.3) is 0 Å². The number of rotatable bonds is 2. The molecule has 1 amide bonds. The van der Waals surface area contributed by atoms with Crippen molar-refractivity contribution in [1.29, 1.82) is 5.26 Å². The average Bonchev–Trinajstić information content (AvgIpc) is 2.19. The van der Waals surface area contributed by atoms with Crippen LogP contribution < -0.4 is 5.32 Å². The van der Waals surface area contributed by atoms with Gasteiger partial charge in [0.1, 0.15) is 11.7 Å². The summed E-state index contributed by atoms with van der Waals surface area (Å²) in [6.45, 7) is 2.76. The fraction of sp³-hybridized carbons (Fsp3) is 0.273. The normalized spacial score (nSPS) is 10.7. The minimum atomic E-state index is -1.47. The third kappa shape index (κ3) is 3.05. The van der Waals surface area contributed by atoms with Gasteiger partial charge in [-0.1, -0.05) is 15.9 Å². The van der Waals surface area contributed by atoms with Crippen LogP contribution in [0.3, 0.4) is 0 Å². The van der Waals surface area contributed by atoms with E-state index >= 15 is 0 Å².